The number of esters is 1. The minimum absolute atomic E-state index is 0.00270. The molecule has 0 radical (unpaired) electrons. The number of carbonyl (C=O) groups is 1. The van der Waals surface area contributed by atoms with Crippen molar-refractivity contribution in [1.82, 2.24) is 0 Å². The zero-order chi connectivity index (χ0) is 35.8. The Bertz CT molecular complexity index is 1100. The van der Waals surface area contributed by atoms with Gasteiger partial charge in [-0.1, -0.05) is 86.9 Å². The predicted molar refractivity (Wildman–Crippen MR) is 206 cm³/mol. The van der Waals surface area contributed by atoms with Crippen LogP contribution in [0.4, 0.5) is 0 Å². The van der Waals surface area contributed by atoms with E-state index >= 15 is 0 Å². The van der Waals surface area contributed by atoms with Crippen molar-refractivity contribution in [2.75, 3.05) is 0 Å². The third kappa shape index (κ3) is 9.52. The van der Waals surface area contributed by atoms with Gasteiger partial charge in [0.2, 0.25) is 0 Å². The molecule has 0 heterocycles. The Hall–Kier alpha value is -0.846. The van der Waals surface area contributed by atoms with Crippen LogP contribution in [0, 0.1) is 29.1 Å². The van der Waals surface area contributed by atoms with Crippen molar-refractivity contribution in [2.24, 2.45) is 29.1 Å². The molecule has 4 unspecified atom stereocenters. The van der Waals surface area contributed by atoms with Gasteiger partial charge in [0.05, 0.1) is 22.9 Å². The maximum absolute atomic E-state index is 12.9. The first-order valence-corrected chi connectivity index (χ1v) is 25.2. The second kappa shape index (κ2) is 18.1. The summed E-state index contributed by atoms with van der Waals surface area (Å²) < 4.78 is 26.9. The van der Waals surface area contributed by atoms with E-state index in [1.165, 1.54) is 55.9 Å². The van der Waals surface area contributed by atoms with Gasteiger partial charge in [-0.15, -0.1) is 4.33 Å². The standard InChI is InChI=1S/C39H70O6SSi2/c1-13-47(14-2,15-3)43-35-25-22-28-39(12)33(26-27-34(35)39)29(7)36(41-31(9)40)37(46-45-42-32-23-20-19-21-24-32)30(8)38(10,11)44-48(16-4,17-5)18-6/h19-21,23-24,29-30,33-37H,13-18,22,25-28H2,1-12H3/t29-,30+,33-,34?,35?,36?,37?,39-/m1/s1. The molecule has 0 amide bonds. The number of fused-ring (bicyclic) bond motifs is 1. The zero-order valence-electron chi connectivity index (χ0n) is 32.6. The van der Waals surface area contributed by atoms with Gasteiger partial charge in [-0.2, -0.15) is 0 Å². The van der Waals surface area contributed by atoms with Crippen LogP contribution >= 0.6 is 12.0 Å². The summed E-state index contributed by atoms with van der Waals surface area (Å²) in [6.07, 6.45) is 5.85. The molecule has 276 valence electrons. The van der Waals surface area contributed by atoms with Crippen LogP contribution in [-0.2, 0) is 22.7 Å². The number of rotatable bonds is 20. The number of para-hydroxylation sites is 1. The quantitative estimate of drug-likeness (QED) is 0.0436. The molecule has 6 nitrogen and oxygen atoms in total. The van der Waals surface area contributed by atoms with Crippen molar-refractivity contribution < 1.29 is 27.6 Å². The molecular formula is C39H70O6SSi2. The number of hydrogen-bond donors (Lipinski definition) is 0. The van der Waals surface area contributed by atoms with Gasteiger partial charge < -0.3 is 18.5 Å². The lowest BCUT2D eigenvalue weighted by Crippen LogP contribution is -2.54. The SMILES string of the molecule is CC[Si](CC)(CC)OC1CCC[C@@]2(C)C1CC[C@@H]2[C@@H](C)C(OC(C)=O)C(SOOc1ccccc1)[C@H](C)C(C)(C)O[Si](CC)(CC)CC. The molecule has 48 heavy (non-hydrogen) atoms. The third-order valence-electron chi connectivity index (χ3n) is 13.3. The fraction of sp³-hybridized carbons (Fsp3) is 0.821. The van der Waals surface area contributed by atoms with Crippen LogP contribution in [0.15, 0.2) is 30.3 Å². The maximum atomic E-state index is 12.9. The lowest BCUT2D eigenvalue weighted by atomic mass is 9.61. The molecule has 2 fully saturated rings. The van der Waals surface area contributed by atoms with Crippen molar-refractivity contribution in [3.05, 3.63) is 30.3 Å². The van der Waals surface area contributed by atoms with Crippen LogP contribution in [0.2, 0.25) is 36.3 Å². The maximum Gasteiger partial charge on any atom is 0.302 e. The molecule has 0 bridgehead atoms. The van der Waals surface area contributed by atoms with Crippen molar-refractivity contribution in [1.29, 1.82) is 0 Å². The average molecular weight is 723 g/mol. The topological polar surface area (TPSA) is 63.2 Å². The van der Waals surface area contributed by atoms with Crippen LogP contribution in [0.25, 0.3) is 0 Å². The summed E-state index contributed by atoms with van der Waals surface area (Å²) in [7, 11) is -3.67. The van der Waals surface area contributed by atoms with Crippen LogP contribution < -0.4 is 4.89 Å². The first kappa shape index (κ1) is 41.6. The normalized spacial score (nSPS) is 26.0. The summed E-state index contributed by atoms with van der Waals surface area (Å²) >= 11 is 1.30. The van der Waals surface area contributed by atoms with Crippen LogP contribution in [0.1, 0.15) is 115 Å². The molecular weight excluding hydrogens is 653 g/mol. The van der Waals surface area contributed by atoms with E-state index in [-0.39, 0.29) is 34.6 Å². The highest BCUT2D eigenvalue weighted by molar-refractivity contribution is 7.95. The van der Waals surface area contributed by atoms with Gasteiger partial charge in [0.1, 0.15) is 6.10 Å². The highest BCUT2D eigenvalue weighted by Crippen LogP contribution is 2.60. The summed E-state index contributed by atoms with van der Waals surface area (Å²) in [6, 6.07) is 16.4. The van der Waals surface area contributed by atoms with E-state index in [0.717, 1.165) is 24.6 Å². The highest BCUT2D eigenvalue weighted by Gasteiger charge is 2.57. The molecule has 2 aliphatic carbocycles. The number of benzene rings is 1. The molecule has 0 aliphatic heterocycles. The van der Waals surface area contributed by atoms with E-state index in [0.29, 0.717) is 23.7 Å². The molecule has 0 aromatic heterocycles. The van der Waals surface area contributed by atoms with E-state index in [1.54, 1.807) is 6.92 Å². The minimum atomic E-state index is -1.94. The molecule has 2 saturated carbocycles. The number of carbonyl (C=O) groups excluding carboxylic acids is 1. The van der Waals surface area contributed by atoms with Gasteiger partial charge in [-0.25, -0.2) is 0 Å². The Balaban J connectivity index is 1.98. The summed E-state index contributed by atoms with van der Waals surface area (Å²) in [6.45, 7) is 27.0. The Morgan fingerprint density at radius 2 is 1.50 bits per heavy atom. The molecule has 1 aromatic carbocycles. The van der Waals surface area contributed by atoms with Crippen molar-refractivity contribution in [3.8, 4) is 5.75 Å². The first-order chi connectivity index (χ1) is 22.7. The van der Waals surface area contributed by atoms with Gasteiger partial charge in [0.25, 0.3) is 0 Å². The monoisotopic (exact) mass is 722 g/mol. The Kier molecular flexibility index (Phi) is 15.7. The fourth-order valence-corrected chi connectivity index (χ4v) is 16.7. The van der Waals surface area contributed by atoms with E-state index < -0.39 is 22.2 Å². The summed E-state index contributed by atoms with van der Waals surface area (Å²) in [5.41, 5.74) is -0.322. The summed E-state index contributed by atoms with van der Waals surface area (Å²) in [4.78, 5) is 18.7. The first-order valence-electron chi connectivity index (χ1n) is 19.3. The average Bonchev–Trinajstić information content (AvgIpc) is 3.44. The van der Waals surface area contributed by atoms with Gasteiger partial charge in [0, 0.05) is 18.9 Å². The van der Waals surface area contributed by atoms with Gasteiger partial charge >= 0.3 is 5.97 Å². The fourth-order valence-electron chi connectivity index (χ4n) is 9.40. The molecule has 0 N–H and O–H groups in total. The second-order valence-corrected chi connectivity index (χ2v) is 26.1. The largest absolute Gasteiger partial charge is 0.461 e. The van der Waals surface area contributed by atoms with E-state index in [4.69, 9.17) is 22.8 Å². The number of hydrogen-bond acceptors (Lipinski definition) is 7. The number of ether oxygens (including phenoxy) is 1. The summed E-state index contributed by atoms with van der Waals surface area (Å²) in [5.74, 6) is 1.46. The Labute approximate surface area is 300 Å². The van der Waals surface area contributed by atoms with Gasteiger partial charge in [0.15, 0.2) is 22.4 Å². The lowest BCUT2D eigenvalue weighted by Gasteiger charge is -2.50. The third-order valence-corrected chi connectivity index (χ3v) is 23.8. The van der Waals surface area contributed by atoms with Crippen molar-refractivity contribution >= 4 is 34.6 Å². The smallest absolute Gasteiger partial charge is 0.302 e. The molecule has 9 heteroatoms. The second-order valence-electron chi connectivity index (χ2n) is 15.8. The van der Waals surface area contributed by atoms with Gasteiger partial charge in [-0.3, -0.25) is 4.79 Å². The van der Waals surface area contributed by atoms with Crippen molar-refractivity contribution in [3.63, 3.8) is 0 Å². The molecule has 2 aliphatic rings. The van der Waals surface area contributed by atoms with Crippen LogP contribution in [-0.4, -0.2) is 45.7 Å². The van der Waals surface area contributed by atoms with E-state index in [9.17, 15) is 4.79 Å². The molecule has 3 rings (SSSR count). The van der Waals surface area contributed by atoms with Gasteiger partial charge in [-0.05, 0) is 111 Å². The van der Waals surface area contributed by atoms with Crippen LogP contribution in [0.3, 0.4) is 0 Å². The lowest BCUT2D eigenvalue weighted by molar-refractivity contribution is -0.154. The zero-order valence-corrected chi connectivity index (χ0v) is 35.4. The molecule has 0 spiro atoms. The molecule has 1 aromatic rings. The predicted octanol–water partition coefficient (Wildman–Crippen LogP) is 11.6. The highest BCUT2D eigenvalue weighted by atomic mass is 32.2. The minimum Gasteiger partial charge on any atom is -0.461 e. The molecule has 0 saturated heterocycles. The van der Waals surface area contributed by atoms with Crippen molar-refractivity contribution in [2.45, 2.75) is 175 Å². The summed E-state index contributed by atoms with van der Waals surface area (Å²) in [5, 5.41) is -0.210. The van der Waals surface area contributed by atoms with E-state index in [2.05, 4.69) is 76.2 Å². The molecule has 8 atom stereocenters. The van der Waals surface area contributed by atoms with Crippen LogP contribution in [0.5, 0.6) is 5.75 Å². The Morgan fingerprint density at radius 3 is 2.04 bits per heavy atom. The van der Waals surface area contributed by atoms with E-state index in [1.807, 2.05) is 30.3 Å². The Morgan fingerprint density at radius 1 is 0.917 bits per heavy atom.